The number of nitrogens with one attached hydrogen (secondary N) is 3. The van der Waals surface area contributed by atoms with Crippen LogP contribution in [0.1, 0.15) is 55.8 Å². The zero-order chi connectivity index (χ0) is 30.9. The number of para-hydroxylation sites is 1. The third-order valence-corrected chi connectivity index (χ3v) is 10.3. The number of rotatable bonds is 9. The molecule has 7 nitrogen and oxygen atoms in total. The van der Waals surface area contributed by atoms with Crippen LogP contribution in [0.3, 0.4) is 0 Å². The first-order valence-corrected chi connectivity index (χ1v) is 15.8. The molecule has 1 atom stereocenters. The van der Waals surface area contributed by atoms with Crippen molar-refractivity contribution in [3.63, 3.8) is 0 Å². The lowest BCUT2D eigenvalue weighted by Gasteiger charge is -2.38. The molecule has 1 aliphatic carbocycles. The number of aromatic amines is 1. The van der Waals surface area contributed by atoms with Crippen LogP contribution in [0.25, 0.3) is 10.9 Å². The van der Waals surface area contributed by atoms with Crippen molar-refractivity contribution in [3.8, 4) is 0 Å². The van der Waals surface area contributed by atoms with Gasteiger partial charge in [-0.25, -0.2) is 8.42 Å². The van der Waals surface area contributed by atoms with Gasteiger partial charge in [0.25, 0.3) is 0 Å². The zero-order valence-electron chi connectivity index (χ0n) is 23.5. The van der Waals surface area contributed by atoms with Gasteiger partial charge in [-0.1, -0.05) is 55.1 Å². The van der Waals surface area contributed by atoms with Crippen molar-refractivity contribution in [2.45, 2.75) is 67.5 Å². The summed E-state index contributed by atoms with van der Waals surface area (Å²) in [6, 6.07) is 15.1. The molecule has 1 amide bonds. The Morgan fingerprint density at radius 2 is 1.77 bits per heavy atom. The monoisotopic (exact) mass is 632 g/mol. The first-order chi connectivity index (χ1) is 20.3. The number of benzene rings is 2. The van der Waals surface area contributed by atoms with E-state index >= 15 is 0 Å². The highest BCUT2D eigenvalue weighted by molar-refractivity contribution is 7.89. The number of halogens is 4. The Labute approximate surface area is 253 Å². The molecule has 0 radical (unpaired) electrons. The van der Waals surface area contributed by atoms with Crippen LogP contribution in [0.2, 0.25) is 5.02 Å². The van der Waals surface area contributed by atoms with Crippen molar-refractivity contribution >= 4 is 38.4 Å². The maximum atomic E-state index is 14.1. The largest absolute Gasteiger partial charge is 0.416 e. The Balaban J connectivity index is 1.50. The molecule has 2 aromatic heterocycles. The van der Waals surface area contributed by atoms with E-state index in [4.69, 9.17) is 11.6 Å². The second-order valence-corrected chi connectivity index (χ2v) is 13.4. The van der Waals surface area contributed by atoms with E-state index in [-0.39, 0.29) is 13.0 Å². The van der Waals surface area contributed by atoms with Crippen LogP contribution in [-0.4, -0.2) is 36.4 Å². The summed E-state index contributed by atoms with van der Waals surface area (Å²) in [5, 5.41) is 3.38. The summed E-state index contributed by atoms with van der Waals surface area (Å²) in [4.78, 5) is 21.0. The molecule has 43 heavy (non-hydrogen) atoms. The average Bonchev–Trinajstić information content (AvgIpc) is 3.38. The summed E-state index contributed by atoms with van der Waals surface area (Å²) in [5.74, 6) is -0.620. The lowest BCUT2D eigenvalue weighted by Crippen LogP contribution is -2.59. The summed E-state index contributed by atoms with van der Waals surface area (Å²) in [6.07, 6.45) is 3.11. The van der Waals surface area contributed by atoms with Crippen LogP contribution < -0.4 is 10.0 Å². The molecule has 2 heterocycles. The molecule has 0 unspecified atom stereocenters. The molecule has 1 fully saturated rings. The third-order valence-electron chi connectivity index (χ3n) is 8.23. The van der Waals surface area contributed by atoms with E-state index in [2.05, 4.69) is 20.0 Å². The van der Waals surface area contributed by atoms with E-state index < -0.39 is 48.5 Å². The molecular formula is C31H32ClF3N4O3S. The van der Waals surface area contributed by atoms with Crippen LogP contribution in [0.15, 0.2) is 78.0 Å². The number of pyridine rings is 1. The molecule has 4 aromatic rings. The second kappa shape index (κ2) is 11.9. The van der Waals surface area contributed by atoms with Crippen molar-refractivity contribution in [2.75, 3.05) is 6.54 Å². The number of alkyl halides is 3. The summed E-state index contributed by atoms with van der Waals surface area (Å²) in [5.41, 5.74) is -1.11. The normalized spacial score (nSPS) is 17.0. The summed E-state index contributed by atoms with van der Waals surface area (Å²) in [7, 11) is -4.71. The van der Waals surface area contributed by atoms with E-state index in [0.29, 0.717) is 17.7 Å². The summed E-state index contributed by atoms with van der Waals surface area (Å²) >= 11 is 6.11. The molecule has 1 aliphatic rings. The number of sulfonamides is 1. The maximum absolute atomic E-state index is 14.1. The third kappa shape index (κ3) is 6.58. The quantitative estimate of drug-likeness (QED) is 0.195. The highest BCUT2D eigenvalue weighted by Gasteiger charge is 2.42. The van der Waals surface area contributed by atoms with Crippen molar-refractivity contribution in [2.24, 2.45) is 0 Å². The lowest BCUT2D eigenvalue weighted by molar-refractivity contribution is -0.137. The number of hydrogen-bond donors (Lipinski definition) is 3. The minimum Gasteiger partial charge on any atom is -0.361 e. The molecule has 0 bridgehead atoms. The standard InChI is InChI=1S/C31H32ClF3N4O3S/c1-29(18-21-19-37-25-10-4-3-9-23(21)25,39-43(41,42)26-17-22(31(33,34)35)12-13-24(26)32)28(40)38-20-30(14-6-2-7-15-30)27-11-5-8-16-36-27/h3-5,8-13,16-17,19,37,39H,2,6-7,14-15,18,20H2,1H3,(H,38,40)/t29-/m0/s1. The van der Waals surface area contributed by atoms with Gasteiger partial charge in [0.1, 0.15) is 10.4 Å². The zero-order valence-corrected chi connectivity index (χ0v) is 25.0. The van der Waals surface area contributed by atoms with E-state index in [1.165, 1.54) is 6.92 Å². The number of fused-ring (bicyclic) bond motifs is 1. The molecule has 3 N–H and O–H groups in total. The van der Waals surface area contributed by atoms with Gasteiger partial charge in [0.2, 0.25) is 15.9 Å². The number of hydrogen-bond acceptors (Lipinski definition) is 4. The molecule has 5 rings (SSSR count). The number of nitrogens with zero attached hydrogens (tertiary/aromatic N) is 1. The number of H-pyrrole nitrogens is 1. The maximum Gasteiger partial charge on any atom is 0.416 e. The van der Waals surface area contributed by atoms with Gasteiger partial charge < -0.3 is 10.3 Å². The van der Waals surface area contributed by atoms with E-state index in [9.17, 15) is 26.4 Å². The van der Waals surface area contributed by atoms with Gasteiger partial charge in [0.15, 0.2) is 0 Å². The van der Waals surface area contributed by atoms with Crippen LogP contribution in [0.4, 0.5) is 13.2 Å². The highest BCUT2D eigenvalue weighted by Crippen LogP contribution is 2.38. The first-order valence-electron chi connectivity index (χ1n) is 14.0. The Morgan fingerprint density at radius 3 is 2.47 bits per heavy atom. The fourth-order valence-electron chi connectivity index (χ4n) is 5.93. The SMILES string of the molecule is C[C@@](Cc1c[nH]c2ccccc12)(NS(=O)(=O)c1cc(C(F)(F)F)ccc1Cl)C(=O)NCC1(c2ccccn2)CCCCC1. The molecule has 0 spiro atoms. The van der Waals surface area contributed by atoms with Gasteiger partial charge in [0.05, 0.1) is 10.6 Å². The van der Waals surface area contributed by atoms with Gasteiger partial charge in [-0.2, -0.15) is 17.9 Å². The first kappa shape index (κ1) is 31.0. The predicted octanol–water partition coefficient (Wildman–Crippen LogP) is 6.53. The molecule has 0 saturated heterocycles. The molecule has 228 valence electrons. The van der Waals surface area contributed by atoms with Crippen LogP contribution in [0.5, 0.6) is 0 Å². The van der Waals surface area contributed by atoms with Gasteiger partial charge in [-0.05, 0) is 61.7 Å². The number of aromatic nitrogens is 2. The summed E-state index contributed by atoms with van der Waals surface area (Å²) < 4.78 is 70.2. The van der Waals surface area contributed by atoms with Gasteiger partial charge in [-0.3, -0.25) is 9.78 Å². The van der Waals surface area contributed by atoms with Crippen LogP contribution in [0, 0.1) is 0 Å². The van der Waals surface area contributed by atoms with E-state index in [1.807, 2.05) is 42.5 Å². The minimum absolute atomic E-state index is 0.0881. The Kier molecular flexibility index (Phi) is 8.61. The Hall–Kier alpha value is -3.41. The number of carbonyl (C=O) groups is 1. The molecule has 0 aliphatic heterocycles. The molecular weight excluding hydrogens is 601 g/mol. The van der Waals surface area contributed by atoms with Gasteiger partial charge in [-0.15, -0.1) is 0 Å². The number of amides is 1. The van der Waals surface area contributed by atoms with E-state index in [0.717, 1.165) is 54.8 Å². The summed E-state index contributed by atoms with van der Waals surface area (Å²) in [6.45, 7) is 1.65. The van der Waals surface area contributed by atoms with Crippen LogP contribution >= 0.6 is 11.6 Å². The molecule has 1 saturated carbocycles. The number of carbonyl (C=O) groups excluding carboxylic acids is 1. The fourth-order valence-corrected chi connectivity index (χ4v) is 7.83. The smallest absolute Gasteiger partial charge is 0.361 e. The van der Waals surface area contributed by atoms with E-state index in [1.54, 1.807) is 12.4 Å². The Morgan fingerprint density at radius 1 is 1.05 bits per heavy atom. The predicted molar refractivity (Wildman–Crippen MR) is 159 cm³/mol. The topological polar surface area (TPSA) is 104 Å². The van der Waals surface area contributed by atoms with Gasteiger partial charge >= 0.3 is 6.18 Å². The van der Waals surface area contributed by atoms with Crippen LogP contribution in [-0.2, 0) is 32.8 Å². The fraction of sp³-hybridized carbons (Fsp3) is 0.355. The average molecular weight is 633 g/mol. The molecule has 12 heteroatoms. The molecule has 2 aromatic carbocycles. The van der Waals surface area contributed by atoms with Crippen molar-refractivity contribution in [1.29, 1.82) is 0 Å². The van der Waals surface area contributed by atoms with Crippen molar-refractivity contribution < 1.29 is 26.4 Å². The van der Waals surface area contributed by atoms with Crippen molar-refractivity contribution in [3.05, 3.63) is 94.9 Å². The lowest BCUT2D eigenvalue weighted by atomic mass is 9.71. The highest BCUT2D eigenvalue weighted by atomic mass is 35.5. The Bertz CT molecular complexity index is 1720. The minimum atomic E-state index is -4.79. The second-order valence-electron chi connectivity index (χ2n) is 11.4. The van der Waals surface area contributed by atoms with Crippen molar-refractivity contribution in [1.82, 2.24) is 20.0 Å². The van der Waals surface area contributed by atoms with Gasteiger partial charge in [0, 0.05) is 47.4 Å².